The third kappa shape index (κ3) is 2.56. The zero-order chi connectivity index (χ0) is 10.7. The second-order valence-corrected chi connectivity index (χ2v) is 3.60. The zero-order valence-corrected chi connectivity index (χ0v) is 8.91. The molecule has 0 aliphatic carbocycles. The Morgan fingerprint density at radius 3 is 2.80 bits per heavy atom. The first-order chi connectivity index (χ1) is 7.24. The van der Waals surface area contributed by atoms with Crippen molar-refractivity contribution in [3.05, 3.63) is 41.7 Å². The van der Waals surface area contributed by atoms with Crippen molar-refractivity contribution in [2.45, 2.75) is 20.4 Å². The van der Waals surface area contributed by atoms with Crippen LogP contribution in [0.5, 0.6) is 0 Å². The lowest BCUT2D eigenvalue weighted by Gasteiger charge is -2.04. The Labute approximate surface area is 88.8 Å². The lowest BCUT2D eigenvalue weighted by atomic mass is 10.3. The molecular formula is C11H14N4. The first-order valence-corrected chi connectivity index (χ1v) is 4.90. The summed E-state index contributed by atoms with van der Waals surface area (Å²) in [5.41, 5.74) is 3.26. The molecule has 2 N–H and O–H groups in total. The van der Waals surface area contributed by atoms with Crippen molar-refractivity contribution in [2.24, 2.45) is 0 Å². The van der Waals surface area contributed by atoms with Crippen molar-refractivity contribution in [3.8, 4) is 0 Å². The number of anilines is 1. The molecule has 4 heteroatoms. The van der Waals surface area contributed by atoms with E-state index < -0.39 is 0 Å². The van der Waals surface area contributed by atoms with Crippen molar-refractivity contribution in [2.75, 3.05) is 5.32 Å². The van der Waals surface area contributed by atoms with Crippen LogP contribution in [0.4, 0.5) is 5.69 Å². The minimum Gasteiger partial charge on any atom is -0.378 e. The fraction of sp³-hybridized carbons (Fsp3) is 0.273. The number of imidazole rings is 1. The second-order valence-electron chi connectivity index (χ2n) is 3.60. The summed E-state index contributed by atoms with van der Waals surface area (Å²) in [6.07, 6.45) is 5.49. The molecule has 0 atom stereocenters. The van der Waals surface area contributed by atoms with Gasteiger partial charge in [0.15, 0.2) is 0 Å². The van der Waals surface area contributed by atoms with E-state index in [2.05, 4.69) is 26.3 Å². The predicted molar refractivity (Wildman–Crippen MR) is 59.6 cm³/mol. The highest BCUT2D eigenvalue weighted by atomic mass is 15.0. The topological polar surface area (TPSA) is 53.6 Å². The summed E-state index contributed by atoms with van der Waals surface area (Å²) in [6, 6.07) is 2.07. The van der Waals surface area contributed by atoms with Crippen molar-refractivity contribution >= 4 is 5.69 Å². The van der Waals surface area contributed by atoms with Gasteiger partial charge in [0.1, 0.15) is 5.82 Å². The van der Waals surface area contributed by atoms with Crippen molar-refractivity contribution in [3.63, 3.8) is 0 Å². The molecule has 0 bridgehead atoms. The van der Waals surface area contributed by atoms with Crippen LogP contribution in [0.1, 0.15) is 17.1 Å². The predicted octanol–water partition coefficient (Wildman–Crippen LogP) is 2.03. The number of H-pyrrole nitrogens is 1. The van der Waals surface area contributed by atoms with Crippen LogP contribution in [0.3, 0.4) is 0 Å². The molecule has 0 aliphatic heterocycles. The zero-order valence-electron chi connectivity index (χ0n) is 8.91. The molecule has 0 aliphatic rings. The molecule has 15 heavy (non-hydrogen) atoms. The van der Waals surface area contributed by atoms with Gasteiger partial charge < -0.3 is 10.3 Å². The normalized spacial score (nSPS) is 10.3. The van der Waals surface area contributed by atoms with Gasteiger partial charge in [-0.05, 0) is 25.5 Å². The van der Waals surface area contributed by atoms with Crippen LogP contribution >= 0.6 is 0 Å². The second kappa shape index (κ2) is 4.13. The van der Waals surface area contributed by atoms with E-state index in [0.717, 1.165) is 29.3 Å². The number of aryl methyl sites for hydroxylation is 2. The van der Waals surface area contributed by atoms with Gasteiger partial charge in [-0.3, -0.25) is 4.98 Å². The molecule has 2 aromatic heterocycles. The summed E-state index contributed by atoms with van der Waals surface area (Å²) < 4.78 is 0. The Morgan fingerprint density at radius 1 is 1.27 bits per heavy atom. The molecule has 0 saturated carbocycles. The lowest BCUT2D eigenvalue weighted by molar-refractivity contribution is 1.04. The third-order valence-corrected chi connectivity index (χ3v) is 2.11. The Morgan fingerprint density at radius 2 is 2.13 bits per heavy atom. The smallest absolute Gasteiger partial charge is 0.103 e. The number of pyridine rings is 1. The van der Waals surface area contributed by atoms with Crippen molar-refractivity contribution in [1.29, 1.82) is 0 Å². The van der Waals surface area contributed by atoms with Gasteiger partial charge in [0.2, 0.25) is 0 Å². The van der Waals surface area contributed by atoms with E-state index in [4.69, 9.17) is 0 Å². The number of rotatable bonds is 3. The van der Waals surface area contributed by atoms with E-state index in [1.807, 2.05) is 32.4 Å². The Kier molecular flexibility index (Phi) is 2.67. The third-order valence-electron chi connectivity index (χ3n) is 2.11. The number of nitrogens with one attached hydrogen (secondary N) is 2. The Balaban J connectivity index is 1.99. The molecule has 0 amide bonds. The van der Waals surface area contributed by atoms with Crippen molar-refractivity contribution in [1.82, 2.24) is 15.0 Å². The monoisotopic (exact) mass is 202 g/mol. The van der Waals surface area contributed by atoms with Crippen LogP contribution in [0.15, 0.2) is 24.7 Å². The average Bonchev–Trinajstić information content (AvgIpc) is 2.62. The number of hydrogen-bond acceptors (Lipinski definition) is 3. The van der Waals surface area contributed by atoms with Gasteiger partial charge >= 0.3 is 0 Å². The number of nitrogens with zero attached hydrogens (tertiary/aromatic N) is 2. The molecule has 0 aromatic carbocycles. The maximum Gasteiger partial charge on any atom is 0.103 e. The van der Waals surface area contributed by atoms with Gasteiger partial charge in [-0.2, -0.15) is 0 Å². The number of hydrogen-bond donors (Lipinski definition) is 2. The molecule has 2 rings (SSSR count). The fourth-order valence-corrected chi connectivity index (χ4v) is 1.41. The lowest BCUT2D eigenvalue weighted by Crippen LogP contribution is -2.00. The molecule has 2 heterocycles. The maximum absolute atomic E-state index is 4.14. The first-order valence-electron chi connectivity index (χ1n) is 4.90. The summed E-state index contributed by atoms with van der Waals surface area (Å²) in [5, 5.41) is 3.28. The number of aromatic nitrogens is 3. The Bertz CT molecular complexity index is 447. The highest BCUT2D eigenvalue weighted by Crippen LogP contribution is 2.08. The summed E-state index contributed by atoms with van der Waals surface area (Å²) >= 11 is 0. The highest BCUT2D eigenvalue weighted by molar-refractivity contribution is 5.42. The molecular weight excluding hydrogens is 188 g/mol. The SMILES string of the molecule is Cc1cncc(NCc2cnc(C)[nH]2)c1. The summed E-state index contributed by atoms with van der Waals surface area (Å²) in [4.78, 5) is 11.4. The van der Waals surface area contributed by atoms with Gasteiger partial charge in [-0.25, -0.2) is 4.98 Å². The van der Waals surface area contributed by atoms with Crippen LogP contribution in [0, 0.1) is 13.8 Å². The van der Waals surface area contributed by atoms with Gasteiger partial charge in [0, 0.05) is 12.4 Å². The van der Waals surface area contributed by atoms with Gasteiger partial charge in [-0.1, -0.05) is 0 Å². The fourth-order valence-electron chi connectivity index (χ4n) is 1.41. The summed E-state index contributed by atoms with van der Waals surface area (Å²) in [6.45, 7) is 4.71. The van der Waals surface area contributed by atoms with E-state index in [9.17, 15) is 0 Å². The summed E-state index contributed by atoms with van der Waals surface area (Å²) in [5.74, 6) is 0.939. The molecule has 0 radical (unpaired) electrons. The minimum absolute atomic E-state index is 0.742. The van der Waals surface area contributed by atoms with Crippen LogP contribution in [0.2, 0.25) is 0 Å². The van der Waals surface area contributed by atoms with Gasteiger partial charge in [0.25, 0.3) is 0 Å². The van der Waals surface area contributed by atoms with Crippen LogP contribution in [-0.2, 0) is 6.54 Å². The van der Waals surface area contributed by atoms with Crippen LogP contribution in [-0.4, -0.2) is 15.0 Å². The molecule has 0 spiro atoms. The minimum atomic E-state index is 0.742. The van der Waals surface area contributed by atoms with Gasteiger partial charge in [0.05, 0.1) is 24.1 Å². The van der Waals surface area contributed by atoms with Crippen molar-refractivity contribution < 1.29 is 0 Å². The van der Waals surface area contributed by atoms with E-state index in [1.54, 1.807) is 0 Å². The average molecular weight is 202 g/mol. The quantitative estimate of drug-likeness (QED) is 0.800. The summed E-state index contributed by atoms with van der Waals surface area (Å²) in [7, 11) is 0. The Hall–Kier alpha value is -1.84. The molecule has 0 fully saturated rings. The molecule has 4 nitrogen and oxygen atoms in total. The molecule has 78 valence electrons. The largest absolute Gasteiger partial charge is 0.378 e. The van der Waals surface area contributed by atoms with Gasteiger partial charge in [-0.15, -0.1) is 0 Å². The molecule has 0 unspecified atom stereocenters. The molecule has 0 saturated heterocycles. The van der Waals surface area contributed by atoms with Crippen LogP contribution < -0.4 is 5.32 Å². The van der Waals surface area contributed by atoms with E-state index in [-0.39, 0.29) is 0 Å². The van der Waals surface area contributed by atoms with E-state index in [1.165, 1.54) is 0 Å². The maximum atomic E-state index is 4.14. The highest BCUT2D eigenvalue weighted by Gasteiger charge is 1.97. The first kappa shape index (κ1) is 9.71. The van der Waals surface area contributed by atoms with E-state index in [0.29, 0.717) is 0 Å². The van der Waals surface area contributed by atoms with Crippen LogP contribution in [0.25, 0.3) is 0 Å². The van der Waals surface area contributed by atoms with E-state index >= 15 is 0 Å². The number of aromatic amines is 1. The standard InChI is InChI=1S/C11H14N4/c1-8-3-10(5-12-4-8)14-7-11-6-13-9(2)15-11/h3-6,14H,7H2,1-2H3,(H,13,15). The molecule has 2 aromatic rings.